The molecule has 0 amide bonds. The van der Waals surface area contributed by atoms with Crippen LogP contribution in [0.5, 0.6) is 0 Å². The van der Waals surface area contributed by atoms with E-state index in [0.29, 0.717) is 16.7 Å². The highest BCUT2D eigenvalue weighted by Crippen LogP contribution is 2.22. The van der Waals surface area contributed by atoms with Gasteiger partial charge in [-0.1, -0.05) is 18.7 Å². The number of aliphatic imine (C=N–C) groups is 1. The summed E-state index contributed by atoms with van der Waals surface area (Å²) < 4.78 is 27.9. The summed E-state index contributed by atoms with van der Waals surface area (Å²) in [7, 11) is 0. The first-order valence-corrected chi connectivity index (χ1v) is 7.87. The first-order chi connectivity index (χ1) is 13.0. The van der Waals surface area contributed by atoms with Gasteiger partial charge in [0.2, 0.25) is 0 Å². The van der Waals surface area contributed by atoms with Gasteiger partial charge in [-0.2, -0.15) is 0 Å². The van der Waals surface area contributed by atoms with Crippen LogP contribution in [0.3, 0.4) is 0 Å². The van der Waals surface area contributed by atoms with Crippen molar-refractivity contribution in [3.05, 3.63) is 73.0 Å². The summed E-state index contributed by atoms with van der Waals surface area (Å²) in [4.78, 5) is 16.1. The molecular weight excluding hydrogens is 352 g/mol. The summed E-state index contributed by atoms with van der Waals surface area (Å²) in [5.74, 6) is 3.59. The van der Waals surface area contributed by atoms with Gasteiger partial charge >= 0.3 is 0 Å². The Kier molecular flexibility index (Phi) is 6.84. The molecule has 0 aliphatic carbocycles. The van der Waals surface area contributed by atoms with Crippen molar-refractivity contribution in [1.29, 1.82) is 0 Å². The number of nitrogen functional groups attached to an aromatic ring is 1. The number of halogens is 2. The standard InChI is InChI=1S/C18H19F2N7/c1-3-4-5-15(19)16(20)11(2)26-18(27-22)14-6-12(9-25-17(14)21)13-7-23-10-24-8-13/h3-11H,1,22H2,2H3,(H2,21,25)(H,26,27)/b5-4-,16-15-. The fraction of sp³-hybridized carbons (Fsp3) is 0.111. The van der Waals surface area contributed by atoms with Gasteiger partial charge in [-0.3, -0.25) is 4.99 Å². The molecule has 2 aromatic heterocycles. The van der Waals surface area contributed by atoms with Gasteiger partial charge in [-0.05, 0) is 19.1 Å². The summed E-state index contributed by atoms with van der Waals surface area (Å²) in [6, 6.07) is 0.510. The Balaban J connectivity index is 2.43. The summed E-state index contributed by atoms with van der Waals surface area (Å²) in [6.07, 6.45) is 9.70. The number of anilines is 1. The third-order valence-corrected chi connectivity index (χ3v) is 3.50. The van der Waals surface area contributed by atoms with Gasteiger partial charge in [-0.15, -0.1) is 0 Å². The summed E-state index contributed by atoms with van der Waals surface area (Å²) >= 11 is 0. The highest BCUT2D eigenvalue weighted by atomic mass is 19.2. The zero-order valence-electron chi connectivity index (χ0n) is 14.6. The number of amidine groups is 1. The maximum atomic E-state index is 14.2. The Labute approximate surface area is 155 Å². The van der Waals surface area contributed by atoms with Gasteiger partial charge in [0.05, 0.1) is 5.56 Å². The molecule has 0 aliphatic rings. The zero-order valence-corrected chi connectivity index (χ0v) is 14.6. The number of nitrogens with one attached hydrogen (secondary N) is 1. The third kappa shape index (κ3) is 5.02. The number of pyridine rings is 1. The SMILES string of the molecule is C=C/C=C\C(F)=C(\F)C(C)N=C(NN)c1cc(-c2cncnc2)cnc1N. The lowest BCUT2D eigenvalue weighted by Crippen LogP contribution is -2.33. The second-order valence-electron chi connectivity index (χ2n) is 5.37. The van der Waals surface area contributed by atoms with E-state index in [0.717, 1.165) is 6.08 Å². The summed E-state index contributed by atoms with van der Waals surface area (Å²) in [5, 5.41) is 0. The minimum atomic E-state index is -1.14. The molecule has 2 heterocycles. The van der Waals surface area contributed by atoms with Gasteiger partial charge < -0.3 is 11.2 Å². The molecule has 0 aliphatic heterocycles. The minimum Gasteiger partial charge on any atom is -0.383 e. The first-order valence-electron chi connectivity index (χ1n) is 7.87. The monoisotopic (exact) mass is 371 g/mol. The number of nitrogens with zero attached hydrogens (tertiary/aromatic N) is 4. The Hall–Kier alpha value is -3.46. The average Bonchev–Trinajstić information content (AvgIpc) is 2.70. The Morgan fingerprint density at radius 2 is 1.96 bits per heavy atom. The van der Waals surface area contributed by atoms with Crippen LogP contribution in [0.15, 0.2) is 72.4 Å². The molecule has 2 rings (SSSR count). The van der Waals surface area contributed by atoms with Gasteiger partial charge in [0, 0.05) is 29.7 Å². The molecule has 0 fully saturated rings. The van der Waals surface area contributed by atoms with Crippen LogP contribution in [0.25, 0.3) is 11.1 Å². The van der Waals surface area contributed by atoms with Crippen molar-refractivity contribution in [2.45, 2.75) is 13.0 Å². The van der Waals surface area contributed by atoms with Gasteiger partial charge in [0.15, 0.2) is 11.7 Å². The van der Waals surface area contributed by atoms with Crippen LogP contribution >= 0.6 is 0 Å². The number of hydrogen-bond donors (Lipinski definition) is 3. The average molecular weight is 371 g/mol. The Morgan fingerprint density at radius 1 is 1.26 bits per heavy atom. The van der Waals surface area contributed by atoms with Crippen LogP contribution < -0.4 is 17.0 Å². The summed E-state index contributed by atoms with van der Waals surface area (Å²) in [6.45, 7) is 4.78. The van der Waals surface area contributed by atoms with Crippen molar-refractivity contribution in [2.24, 2.45) is 10.8 Å². The smallest absolute Gasteiger partial charge is 0.160 e. The molecule has 1 unspecified atom stereocenters. The molecule has 5 N–H and O–H groups in total. The van der Waals surface area contributed by atoms with Crippen LogP contribution in [-0.4, -0.2) is 26.8 Å². The quantitative estimate of drug-likeness (QED) is 0.236. The Bertz CT molecular complexity index is 892. The van der Waals surface area contributed by atoms with E-state index in [1.807, 2.05) is 0 Å². The topological polar surface area (TPSA) is 115 Å². The molecule has 0 saturated carbocycles. The van der Waals surface area contributed by atoms with Gasteiger partial charge in [-0.25, -0.2) is 29.6 Å². The first kappa shape index (κ1) is 19.9. The van der Waals surface area contributed by atoms with Gasteiger partial charge in [0.1, 0.15) is 24.0 Å². The van der Waals surface area contributed by atoms with E-state index in [4.69, 9.17) is 11.6 Å². The predicted octanol–water partition coefficient (Wildman–Crippen LogP) is 2.61. The number of allylic oxidation sites excluding steroid dienone is 4. The van der Waals surface area contributed by atoms with Crippen molar-refractivity contribution < 1.29 is 8.78 Å². The lowest BCUT2D eigenvalue weighted by Gasteiger charge is -2.13. The highest BCUT2D eigenvalue weighted by Gasteiger charge is 2.16. The Morgan fingerprint density at radius 3 is 2.59 bits per heavy atom. The maximum absolute atomic E-state index is 14.2. The second kappa shape index (κ2) is 9.30. The number of aromatic nitrogens is 3. The van der Waals surface area contributed by atoms with Crippen LogP contribution in [0, 0.1) is 0 Å². The molecule has 0 saturated heterocycles. The fourth-order valence-electron chi connectivity index (χ4n) is 2.14. The van der Waals surface area contributed by atoms with E-state index in [2.05, 4.69) is 31.9 Å². The molecule has 1 atom stereocenters. The molecule has 140 valence electrons. The van der Waals surface area contributed by atoms with E-state index in [1.54, 1.807) is 18.5 Å². The van der Waals surface area contributed by atoms with Crippen molar-refractivity contribution in [1.82, 2.24) is 20.4 Å². The van der Waals surface area contributed by atoms with Crippen LogP contribution in [0.4, 0.5) is 14.6 Å². The molecule has 9 heteroatoms. The number of hydrazine groups is 1. The van der Waals surface area contributed by atoms with Crippen LogP contribution in [-0.2, 0) is 0 Å². The molecular formula is C18H19F2N7. The zero-order chi connectivity index (χ0) is 19.8. The van der Waals surface area contributed by atoms with Crippen molar-refractivity contribution in [3.8, 4) is 11.1 Å². The fourth-order valence-corrected chi connectivity index (χ4v) is 2.14. The van der Waals surface area contributed by atoms with E-state index in [9.17, 15) is 8.78 Å². The molecule has 7 nitrogen and oxygen atoms in total. The van der Waals surface area contributed by atoms with E-state index >= 15 is 0 Å². The number of nitrogens with two attached hydrogens (primary N) is 2. The second-order valence-corrected chi connectivity index (χ2v) is 5.37. The highest BCUT2D eigenvalue weighted by molar-refractivity contribution is 6.03. The van der Waals surface area contributed by atoms with Crippen LogP contribution in [0.1, 0.15) is 12.5 Å². The maximum Gasteiger partial charge on any atom is 0.160 e. The lowest BCUT2D eigenvalue weighted by molar-refractivity contribution is 0.503. The van der Waals surface area contributed by atoms with E-state index < -0.39 is 17.7 Å². The molecule has 2 aromatic rings. The van der Waals surface area contributed by atoms with Crippen LogP contribution in [0.2, 0.25) is 0 Å². The predicted molar refractivity (Wildman–Crippen MR) is 102 cm³/mol. The van der Waals surface area contributed by atoms with Crippen molar-refractivity contribution in [3.63, 3.8) is 0 Å². The molecule has 0 aromatic carbocycles. The summed E-state index contributed by atoms with van der Waals surface area (Å²) in [5.41, 5.74) is 9.95. The van der Waals surface area contributed by atoms with Crippen molar-refractivity contribution in [2.75, 3.05) is 5.73 Å². The number of rotatable bonds is 6. The molecule has 27 heavy (non-hydrogen) atoms. The van der Waals surface area contributed by atoms with Gasteiger partial charge in [0.25, 0.3) is 0 Å². The molecule has 0 spiro atoms. The minimum absolute atomic E-state index is 0.0573. The van der Waals surface area contributed by atoms with E-state index in [-0.39, 0.29) is 11.7 Å². The molecule has 0 bridgehead atoms. The normalized spacial score (nSPS) is 14.0. The van der Waals surface area contributed by atoms with E-state index in [1.165, 1.54) is 31.6 Å². The molecule has 0 radical (unpaired) electrons. The number of hydrogen-bond acceptors (Lipinski definition) is 6. The third-order valence-electron chi connectivity index (χ3n) is 3.50. The van der Waals surface area contributed by atoms with Crippen molar-refractivity contribution >= 4 is 11.7 Å². The lowest BCUT2D eigenvalue weighted by atomic mass is 10.1. The largest absolute Gasteiger partial charge is 0.383 e.